The third-order valence-electron chi connectivity index (χ3n) is 3.17. The zero-order chi connectivity index (χ0) is 11.5. The molecule has 2 N–H and O–H groups in total. The minimum Gasteiger partial charge on any atom is -0.496 e. The van der Waals surface area contributed by atoms with Gasteiger partial charge in [0.15, 0.2) is 0 Å². The van der Waals surface area contributed by atoms with Gasteiger partial charge < -0.3 is 15.2 Å². The Morgan fingerprint density at radius 3 is 2.81 bits per heavy atom. The van der Waals surface area contributed by atoms with E-state index >= 15 is 0 Å². The minimum atomic E-state index is 0.0104. The Hall–Kier alpha value is -1.22. The maximum Gasteiger partial charge on any atom is 0.124 e. The van der Waals surface area contributed by atoms with Crippen molar-refractivity contribution >= 4 is 5.69 Å². The van der Waals surface area contributed by atoms with Crippen LogP contribution in [-0.2, 0) is 6.61 Å². The van der Waals surface area contributed by atoms with Gasteiger partial charge in [-0.25, -0.2) is 0 Å². The molecule has 0 aliphatic heterocycles. The summed E-state index contributed by atoms with van der Waals surface area (Å²) in [6, 6.07) is 6.36. The van der Waals surface area contributed by atoms with Crippen molar-refractivity contribution in [2.24, 2.45) is 5.92 Å². The number of aliphatic hydroxyl groups is 1. The van der Waals surface area contributed by atoms with Gasteiger partial charge in [-0.3, -0.25) is 0 Å². The van der Waals surface area contributed by atoms with Crippen LogP contribution in [0.2, 0.25) is 0 Å². The van der Waals surface area contributed by atoms with Gasteiger partial charge in [-0.2, -0.15) is 0 Å². The van der Waals surface area contributed by atoms with E-state index in [2.05, 4.69) is 12.2 Å². The molecule has 1 fully saturated rings. The van der Waals surface area contributed by atoms with E-state index in [1.54, 1.807) is 7.11 Å². The van der Waals surface area contributed by atoms with Gasteiger partial charge in [0, 0.05) is 17.3 Å². The quantitative estimate of drug-likeness (QED) is 0.802. The fraction of sp³-hybridized carbons (Fsp3) is 0.538. The first-order valence-corrected chi connectivity index (χ1v) is 5.79. The highest BCUT2D eigenvalue weighted by molar-refractivity contribution is 5.51. The Bertz CT molecular complexity index is 361. The molecule has 0 heterocycles. The molecule has 3 heteroatoms. The molecular weight excluding hydrogens is 202 g/mol. The monoisotopic (exact) mass is 221 g/mol. The molecule has 0 amide bonds. The van der Waals surface area contributed by atoms with Gasteiger partial charge in [-0.1, -0.05) is 0 Å². The van der Waals surface area contributed by atoms with Crippen LogP contribution in [0.4, 0.5) is 5.69 Å². The third-order valence-corrected chi connectivity index (χ3v) is 3.17. The Kier molecular flexibility index (Phi) is 3.34. The number of ether oxygens (including phenoxy) is 1. The highest BCUT2D eigenvalue weighted by atomic mass is 16.5. The fourth-order valence-corrected chi connectivity index (χ4v) is 1.97. The molecule has 0 radical (unpaired) electrons. The average molecular weight is 221 g/mol. The molecular formula is C13H19NO2. The summed E-state index contributed by atoms with van der Waals surface area (Å²) in [5.74, 6) is 1.56. The van der Waals surface area contributed by atoms with Crippen molar-refractivity contribution < 1.29 is 9.84 Å². The first-order chi connectivity index (χ1) is 7.74. The van der Waals surface area contributed by atoms with Crippen LogP contribution in [0.25, 0.3) is 0 Å². The van der Waals surface area contributed by atoms with E-state index in [9.17, 15) is 5.11 Å². The number of hydrogen-bond donors (Lipinski definition) is 2. The minimum absolute atomic E-state index is 0.0104. The van der Waals surface area contributed by atoms with Gasteiger partial charge >= 0.3 is 0 Å². The molecule has 1 aromatic carbocycles. The summed E-state index contributed by atoms with van der Waals surface area (Å²) in [6.07, 6.45) is 2.66. The number of methoxy groups -OCH3 is 1. The predicted octanol–water partition coefficient (Wildman–Crippen LogP) is 2.40. The van der Waals surface area contributed by atoms with Crippen LogP contribution in [-0.4, -0.2) is 18.3 Å². The average Bonchev–Trinajstić information content (AvgIpc) is 3.12. The summed E-state index contributed by atoms with van der Waals surface area (Å²) in [4.78, 5) is 0. The molecule has 0 aromatic heterocycles. The van der Waals surface area contributed by atoms with E-state index < -0.39 is 0 Å². The molecule has 1 saturated carbocycles. The van der Waals surface area contributed by atoms with Crippen molar-refractivity contribution in [2.75, 3.05) is 12.4 Å². The molecule has 1 unspecified atom stereocenters. The van der Waals surface area contributed by atoms with Crippen LogP contribution in [0.1, 0.15) is 25.3 Å². The summed E-state index contributed by atoms with van der Waals surface area (Å²) < 4.78 is 5.17. The number of hydrogen-bond acceptors (Lipinski definition) is 3. The van der Waals surface area contributed by atoms with Crippen LogP contribution < -0.4 is 10.1 Å². The van der Waals surface area contributed by atoms with E-state index in [-0.39, 0.29) is 6.61 Å². The van der Waals surface area contributed by atoms with Crippen LogP contribution in [0.5, 0.6) is 5.75 Å². The molecule has 0 saturated heterocycles. The molecule has 1 atom stereocenters. The lowest BCUT2D eigenvalue weighted by atomic mass is 10.1. The van der Waals surface area contributed by atoms with Crippen LogP contribution in [0.15, 0.2) is 18.2 Å². The Balaban J connectivity index is 2.08. The van der Waals surface area contributed by atoms with Gasteiger partial charge in [0.05, 0.1) is 13.7 Å². The van der Waals surface area contributed by atoms with Gasteiger partial charge in [0.2, 0.25) is 0 Å². The number of anilines is 1. The van der Waals surface area contributed by atoms with Gasteiger partial charge in [0.25, 0.3) is 0 Å². The topological polar surface area (TPSA) is 41.5 Å². The van der Waals surface area contributed by atoms with E-state index in [0.717, 1.165) is 22.9 Å². The first-order valence-electron chi connectivity index (χ1n) is 5.79. The van der Waals surface area contributed by atoms with Crippen LogP contribution in [0.3, 0.4) is 0 Å². The van der Waals surface area contributed by atoms with Crippen molar-refractivity contribution in [2.45, 2.75) is 32.4 Å². The molecule has 1 aliphatic carbocycles. The Morgan fingerprint density at radius 2 is 2.25 bits per heavy atom. The standard InChI is InChI=1S/C13H19NO2/c1-9(10-3-4-10)14-12-5-6-13(16-2)11(7-12)8-15/h5-7,9-10,14-15H,3-4,8H2,1-2H3. The van der Waals surface area contributed by atoms with Crippen LogP contribution >= 0.6 is 0 Å². The predicted molar refractivity (Wildman–Crippen MR) is 64.7 cm³/mol. The van der Waals surface area contributed by atoms with Crippen molar-refractivity contribution in [1.82, 2.24) is 0 Å². The molecule has 3 nitrogen and oxygen atoms in total. The number of nitrogens with one attached hydrogen (secondary N) is 1. The normalized spacial score (nSPS) is 16.9. The molecule has 0 spiro atoms. The molecule has 1 aromatic rings. The first kappa shape index (κ1) is 11.3. The lowest BCUT2D eigenvalue weighted by Gasteiger charge is -2.16. The summed E-state index contributed by atoms with van der Waals surface area (Å²) in [5, 5.41) is 12.7. The van der Waals surface area contributed by atoms with Crippen molar-refractivity contribution in [1.29, 1.82) is 0 Å². The molecule has 16 heavy (non-hydrogen) atoms. The maximum atomic E-state index is 9.22. The lowest BCUT2D eigenvalue weighted by Crippen LogP contribution is -2.17. The van der Waals surface area contributed by atoms with E-state index in [4.69, 9.17) is 4.74 Å². The second-order valence-electron chi connectivity index (χ2n) is 4.46. The highest BCUT2D eigenvalue weighted by Gasteiger charge is 2.27. The molecule has 1 aliphatic rings. The van der Waals surface area contributed by atoms with Gasteiger partial charge in [-0.15, -0.1) is 0 Å². The number of aliphatic hydroxyl groups excluding tert-OH is 1. The summed E-state index contributed by atoms with van der Waals surface area (Å²) in [5.41, 5.74) is 1.89. The van der Waals surface area contributed by atoms with Gasteiger partial charge in [0.1, 0.15) is 5.75 Å². The van der Waals surface area contributed by atoms with Crippen molar-refractivity contribution in [3.8, 4) is 5.75 Å². The van der Waals surface area contributed by atoms with Crippen LogP contribution in [0, 0.1) is 5.92 Å². The second-order valence-corrected chi connectivity index (χ2v) is 4.46. The molecule has 2 rings (SSSR count). The second kappa shape index (κ2) is 4.74. The third kappa shape index (κ3) is 2.47. The van der Waals surface area contributed by atoms with Crippen molar-refractivity contribution in [3.05, 3.63) is 23.8 Å². The zero-order valence-corrected chi connectivity index (χ0v) is 9.86. The van der Waals surface area contributed by atoms with E-state index in [1.807, 2.05) is 18.2 Å². The highest BCUT2D eigenvalue weighted by Crippen LogP contribution is 2.34. The molecule has 0 bridgehead atoms. The summed E-state index contributed by atoms with van der Waals surface area (Å²) in [6.45, 7) is 2.22. The summed E-state index contributed by atoms with van der Waals surface area (Å²) in [7, 11) is 1.62. The van der Waals surface area contributed by atoms with Crippen molar-refractivity contribution in [3.63, 3.8) is 0 Å². The number of benzene rings is 1. The van der Waals surface area contributed by atoms with E-state index in [0.29, 0.717) is 6.04 Å². The zero-order valence-electron chi connectivity index (χ0n) is 9.86. The smallest absolute Gasteiger partial charge is 0.124 e. The largest absolute Gasteiger partial charge is 0.496 e. The molecule has 88 valence electrons. The number of rotatable bonds is 5. The Labute approximate surface area is 96.4 Å². The Morgan fingerprint density at radius 1 is 1.50 bits per heavy atom. The SMILES string of the molecule is COc1ccc(NC(C)C2CC2)cc1CO. The van der Waals surface area contributed by atoms with Gasteiger partial charge in [-0.05, 0) is 43.9 Å². The van der Waals surface area contributed by atoms with E-state index in [1.165, 1.54) is 12.8 Å². The fourth-order valence-electron chi connectivity index (χ4n) is 1.97. The summed E-state index contributed by atoms with van der Waals surface area (Å²) >= 11 is 0. The maximum absolute atomic E-state index is 9.22. The lowest BCUT2D eigenvalue weighted by molar-refractivity contribution is 0.274.